The van der Waals surface area contributed by atoms with Crippen molar-refractivity contribution in [3.05, 3.63) is 0 Å². The molecular formula is C5H7O2-. The number of ketones is 1. The van der Waals surface area contributed by atoms with Crippen LogP contribution in [-0.2, 0) is 4.79 Å². The summed E-state index contributed by atoms with van der Waals surface area (Å²) in [6.45, 7) is 0. The molecule has 2 nitrogen and oxygen atoms in total. The maximum Gasteiger partial charge on any atom is 0.119 e. The van der Waals surface area contributed by atoms with Crippen LogP contribution in [0.5, 0.6) is 0 Å². The zero-order valence-electron chi connectivity index (χ0n) is 4.02. The molecule has 1 saturated carbocycles. The molecule has 1 aliphatic carbocycles. The van der Waals surface area contributed by atoms with Crippen LogP contribution in [0.25, 0.3) is 0 Å². The van der Waals surface area contributed by atoms with Gasteiger partial charge in [0.25, 0.3) is 0 Å². The fourth-order valence-corrected chi connectivity index (χ4v) is 0.784. The van der Waals surface area contributed by atoms with Crippen LogP contribution in [0.3, 0.4) is 0 Å². The van der Waals surface area contributed by atoms with E-state index in [1.807, 2.05) is 0 Å². The van der Waals surface area contributed by atoms with Crippen molar-refractivity contribution in [3.63, 3.8) is 0 Å². The van der Waals surface area contributed by atoms with Crippen LogP contribution < -0.4 is 5.11 Å². The predicted molar refractivity (Wildman–Crippen MR) is 22.6 cm³/mol. The fraction of sp³-hybridized carbons (Fsp3) is 0.800. The summed E-state index contributed by atoms with van der Waals surface area (Å²) in [6.07, 6.45) is 1.03. The lowest BCUT2D eigenvalue weighted by Gasteiger charge is -2.08. The summed E-state index contributed by atoms with van der Waals surface area (Å²) in [5.74, 6) is -0.0972. The Labute approximate surface area is 42.1 Å². The SMILES string of the molecule is O=C1CCCC1[O-]. The van der Waals surface area contributed by atoms with Crippen molar-refractivity contribution in [1.29, 1.82) is 0 Å². The zero-order chi connectivity index (χ0) is 5.28. The molecule has 0 N–H and O–H groups in total. The first kappa shape index (κ1) is 4.78. The molecule has 0 bridgehead atoms. The summed E-state index contributed by atoms with van der Waals surface area (Å²) in [4.78, 5) is 10.3. The van der Waals surface area contributed by atoms with Crippen molar-refractivity contribution in [1.82, 2.24) is 0 Å². The number of carbonyl (C=O) groups excluding carboxylic acids is 1. The molecule has 0 spiro atoms. The molecule has 7 heavy (non-hydrogen) atoms. The first-order chi connectivity index (χ1) is 3.30. The van der Waals surface area contributed by atoms with Gasteiger partial charge in [0.1, 0.15) is 5.78 Å². The molecule has 0 aromatic rings. The molecule has 40 valence electrons. The molecule has 0 saturated heterocycles. The summed E-state index contributed by atoms with van der Waals surface area (Å²) >= 11 is 0. The number of carbonyl (C=O) groups is 1. The Bertz CT molecular complexity index is 88.1. The van der Waals surface area contributed by atoms with Gasteiger partial charge in [-0.3, -0.25) is 0 Å². The standard InChI is InChI=1S/C5H7O2/c6-4-2-1-3-5(4)7/h4H,1-3H2/q-1. The second kappa shape index (κ2) is 1.62. The molecule has 0 aromatic heterocycles. The van der Waals surface area contributed by atoms with Crippen LogP contribution in [0, 0.1) is 0 Å². The van der Waals surface area contributed by atoms with Gasteiger partial charge in [0.15, 0.2) is 0 Å². The lowest BCUT2D eigenvalue weighted by Crippen LogP contribution is -2.28. The van der Waals surface area contributed by atoms with Crippen LogP contribution in [0.15, 0.2) is 0 Å². The summed E-state index contributed by atoms with van der Waals surface area (Å²) in [7, 11) is 0. The third kappa shape index (κ3) is 0.800. The second-order valence-corrected chi connectivity index (χ2v) is 1.85. The van der Waals surface area contributed by atoms with Crippen molar-refractivity contribution in [2.24, 2.45) is 0 Å². The monoisotopic (exact) mass is 99.0 g/mol. The van der Waals surface area contributed by atoms with Gasteiger partial charge >= 0.3 is 0 Å². The molecule has 2 heteroatoms. The molecule has 0 amide bonds. The zero-order valence-corrected chi connectivity index (χ0v) is 4.02. The van der Waals surface area contributed by atoms with Crippen molar-refractivity contribution in [2.45, 2.75) is 25.4 Å². The van der Waals surface area contributed by atoms with Gasteiger partial charge in [0.05, 0.1) is 0 Å². The maximum atomic E-state index is 10.3. The Kier molecular flexibility index (Phi) is 1.11. The molecule has 0 heterocycles. The van der Waals surface area contributed by atoms with E-state index in [0.29, 0.717) is 12.8 Å². The summed E-state index contributed by atoms with van der Waals surface area (Å²) in [5, 5.41) is 10.3. The van der Waals surface area contributed by atoms with E-state index in [-0.39, 0.29) is 5.78 Å². The molecular weight excluding hydrogens is 92.1 g/mol. The number of hydrogen-bond acceptors (Lipinski definition) is 2. The van der Waals surface area contributed by atoms with Crippen LogP contribution in [0.4, 0.5) is 0 Å². The highest BCUT2D eigenvalue weighted by molar-refractivity contribution is 5.84. The topological polar surface area (TPSA) is 40.1 Å². The molecule has 1 unspecified atom stereocenters. The van der Waals surface area contributed by atoms with E-state index in [1.165, 1.54) is 0 Å². The molecule has 1 rings (SSSR count). The number of hydrogen-bond donors (Lipinski definition) is 0. The van der Waals surface area contributed by atoms with Gasteiger partial charge in [-0.15, -0.1) is 0 Å². The third-order valence-electron chi connectivity index (χ3n) is 1.25. The van der Waals surface area contributed by atoms with Gasteiger partial charge in [-0.25, -0.2) is 0 Å². The molecule has 0 aromatic carbocycles. The average Bonchev–Trinajstić information content (AvgIpc) is 1.91. The number of Topliss-reactive ketones (excluding diaryl/α,β-unsaturated/α-hetero) is 1. The summed E-state index contributed by atoms with van der Waals surface area (Å²) < 4.78 is 0. The Balaban J connectivity index is 2.48. The predicted octanol–water partition coefficient (Wildman–Crippen LogP) is -0.532. The maximum absolute atomic E-state index is 10.3. The Morgan fingerprint density at radius 1 is 1.71 bits per heavy atom. The van der Waals surface area contributed by atoms with Crippen molar-refractivity contribution >= 4 is 5.78 Å². The smallest absolute Gasteiger partial charge is 0.119 e. The average molecular weight is 99.1 g/mol. The van der Waals surface area contributed by atoms with E-state index in [4.69, 9.17) is 0 Å². The Hall–Kier alpha value is -0.370. The van der Waals surface area contributed by atoms with Crippen LogP contribution in [0.1, 0.15) is 19.3 Å². The molecule has 1 fully saturated rings. The quantitative estimate of drug-likeness (QED) is 0.409. The lowest BCUT2D eigenvalue weighted by atomic mass is 10.3. The fourth-order valence-electron chi connectivity index (χ4n) is 0.784. The highest BCUT2D eigenvalue weighted by Gasteiger charge is 2.12. The molecule has 1 atom stereocenters. The Morgan fingerprint density at radius 2 is 2.43 bits per heavy atom. The molecule has 0 aliphatic heterocycles. The largest absolute Gasteiger partial charge is 0.846 e. The molecule has 1 aliphatic rings. The Morgan fingerprint density at radius 3 is 2.57 bits per heavy atom. The van der Waals surface area contributed by atoms with Gasteiger partial charge < -0.3 is 9.90 Å². The van der Waals surface area contributed by atoms with Crippen molar-refractivity contribution < 1.29 is 9.90 Å². The molecule has 0 radical (unpaired) electrons. The van der Waals surface area contributed by atoms with E-state index in [1.54, 1.807) is 0 Å². The van der Waals surface area contributed by atoms with Crippen LogP contribution in [0.2, 0.25) is 0 Å². The van der Waals surface area contributed by atoms with Crippen LogP contribution >= 0.6 is 0 Å². The van der Waals surface area contributed by atoms with E-state index in [9.17, 15) is 9.90 Å². The van der Waals surface area contributed by atoms with Gasteiger partial charge in [0.2, 0.25) is 0 Å². The van der Waals surface area contributed by atoms with Gasteiger partial charge in [-0.1, -0.05) is 12.5 Å². The highest BCUT2D eigenvalue weighted by Crippen LogP contribution is 2.10. The third-order valence-corrected chi connectivity index (χ3v) is 1.25. The lowest BCUT2D eigenvalue weighted by molar-refractivity contribution is -0.401. The second-order valence-electron chi connectivity index (χ2n) is 1.85. The van der Waals surface area contributed by atoms with E-state index in [0.717, 1.165) is 6.42 Å². The number of rotatable bonds is 0. The van der Waals surface area contributed by atoms with E-state index < -0.39 is 6.10 Å². The minimum absolute atomic E-state index is 0.0972. The highest BCUT2D eigenvalue weighted by atomic mass is 16.3. The van der Waals surface area contributed by atoms with Crippen molar-refractivity contribution in [2.75, 3.05) is 0 Å². The van der Waals surface area contributed by atoms with Gasteiger partial charge in [0, 0.05) is 6.42 Å². The minimum Gasteiger partial charge on any atom is -0.846 e. The first-order valence-electron chi connectivity index (χ1n) is 2.49. The van der Waals surface area contributed by atoms with E-state index >= 15 is 0 Å². The van der Waals surface area contributed by atoms with Crippen LogP contribution in [-0.4, -0.2) is 11.9 Å². The van der Waals surface area contributed by atoms with Crippen molar-refractivity contribution in [3.8, 4) is 0 Å². The first-order valence-corrected chi connectivity index (χ1v) is 2.49. The summed E-state index contributed by atoms with van der Waals surface area (Å²) in [6, 6.07) is 0. The van der Waals surface area contributed by atoms with Gasteiger partial charge in [-0.05, 0) is 6.42 Å². The van der Waals surface area contributed by atoms with E-state index in [2.05, 4.69) is 0 Å². The van der Waals surface area contributed by atoms with Gasteiger partial charge in [-0.2, -0.15) is 0 Å². The minimum atomic E-state index is -0.875. The normalized spacial score (nSPS) is 31.6. The summed E-state index contributed by atoms with van der Waals surface area (Å²) in [5.41, 5.74) is 0.